The molecule has 0 atom stereocenters. The van der Waals surface area contributed by atoms with Gasteiger partial charge >= 0.3 is 6.18 Å². The third kappa shape index (κ3) is 4.28. The molecule has 0 aliphatic carbocycles. The molecule has 2 aromatic carbocycles. The maximum atomic E-state index is 12.6. The number of anilines is 1. The Balaban J connectivity index is 2.31. The average molecular weight is 388 g/mol. The minimum absolute atomic E-state index is 0.143. The third-order valence-corrected chi connectivity index (χ3v) is 3.44. The van der Waals surface area contributed by atoms with Crippen molar-refractivity contribution in [3.05, 3.63) is 69.8 Å². The van der Waals surface area contributed by atoms with E-state index in [2.05, 4.69) is 26.5 Å². The standard InChI is InChI=1S/C14H9BrF3N3O2/c15-13(9-4-2-1-3-5-9)20-19-11-7-6-10(14(16,17)18)8-12(11)21(22)23/h1-8,19H/b20-13+. The number of hydrazone groups is 1. The molecule has 0 fully saturated rings. The zero-order chi connectivity index (χ0) is 17.0. The first-order valence-electron chi connectivity index (χ1n) is 6.19. The van der Waals surface area contributed by atoms with Crippen LogP contribution in [-0.4, -0.2) is 9.54 Å². The molecule has 120 valence electrons. The predicted molar refractivity (Wildman–Crippen MR) is 83.6 cm³/mol. The first-order chi connectivity index (χ1) is 10.8. The van der Waals surface area contributed by atoms with Crippen LogP contribution in [0.15, 0.2) is 53.6 Å². The van der Waals surface area contributed by atoms with E-state index >= 15 is 0 Å². The molecule has 2 rings (SSSR count). The Morgan fingerprint density at radius 2 is 1.83 bits per heavy atom. The molecule has 0 aliphatic heterocycles. The van der Waals surface area contributed by atoms with Gasteiger partial charge in [-0.25, -0.2) is 0 Å². The molecular formula is C14H9BrF3N3O2. The summed E-state index contributed by atoms with van der Waals surface area (Å²) in [6, 6.07) is 11.0. The fourth-order valence-corrected chi connectivity index (χ4v) is 2.06. The van der Waals surface area contributed by atoms with Crippen molar-refractivity contribution < 1.29 is 18.1 Å². The van der Waals surface area contributed by atoms with Crippen molar-refractivity contribution in [3.8, 4) is 0 Å². The number of alkyl halides is 3. The summed E-state index contributed by atoms with van der Waals surface area (Å²) in [6.45, 7) is 0. The molecule has 0 saturated heterocycles. The molecule has 2 aromatic rings. The second-order valence-electron chi connectivity index (χ2n) is 4.37. The number of hydrogen-bond donors (Lipinski definition) is 1. The van der Waals surface area contributed by atoms with Crippen LogP contribution in [0.5, 0.6) is 0 Å². The minimum atomic E-state index is -4.66. The lowest BCUT2D eigenvalue weighted by Crippen LogP contribution is -2.07. The fourth-order valence-electron chi connectivity index (χ4n) is 1.70. The lowest BCUT2D eigenvalue weighted by molar-refractivity contribution is -0.384. The van der Waals surface area contributed by atoms with Crippen molar-refractivity contribution in [2.75, 3.05) is 5.43 Å². The Hall–Kier alpha value is -2.42. The minimum Gasteiger partial charge on any atom is -0.271 e. The number of nitrogens with zero attached hydrogens (tertiary/aromatic N) is 2. The summed E-state index contributed by atoms with van der Waals surface area (Å²) in [5.74, 6) is 0. The molecule has 0 bridgehead atoms. The normalized spacial score (nSPS) is 12.1. The summed E-state index contributed by atoms with van der Waals surface area (Å²) in [7, 11) is 0. The number of halogens is 4. The third-order valence-electron chi connectivity index (χ3n) is 2.81. The molecule has 0 aromatic heterocycles. The molecule has 0 heterocycles. The highest BCUT2D eigenvalue weighted by molar-refractivity contribution is 9.18. The van der Waals surface area contributed by atoms with Crippen LogP contribution in [-0.2, 0) is 6.18 Å². The van der Waals surface area contributed by atoms with E-state index in [1.807, 2.05) is 0 Å². The van der Waals surface area contributed by atoms with Crippen molar-refractivity contribution in [1.29, 1.82) is 0 Å². The largest absolute Gasteiger partial charge is 0.416 e. The van der Waals surface area contributed by atoms with Crippen LogP contribution in [0.4, 0.5) is 24.5 Å². The molecular weight excluding hydrogens is 379 g/mol. The Morgan fingerprint density at radius 1 is 1.17 bits per heavy atom. The molecule has 0 aliphatic rings. The molecule has 0 spiro atoms. The summed E-state index contributed by atoms with van der Waals surface area (Å²) in [4.78, 5) is 10.1. The van der Waals surface area contributed by atoms with E-state index in [-0.39, 0.29) is 5.69 Å². The van der Waals surface area contributed by atoms with Crippen LogP contribution in [0.3, 0.4) is 0 Å². The van der Waals surface area contributed by atoms with Crippen LogP contribution >= 0.6 is 15.9 Å². The zero-order valence-electron chi connectivity index (χ0n) is 11.3. The van der Waals surface area contributed by atoms with Gasteiger partial charge in [0, 0.05) is 11.6 Å². The number of hydrogen-bond acceptors (Lipinski definition) is 4. The van der Waals surface area contributed by atoms with E-state index in [1.165, 1.54) is 0 Å². The van der Waals surface area contributed by atoms with Crippen LogP contribution in [0, 0.1) is 10.1 Å². The lowest BCUT2D eigenvalue weighted by Gasteiger charge is -2.08. The van der Waals surface area contributed by atoms with Gasteiger partial charge < -0.3 is 0 Å². The van der Waals surface area contributed by atoms with Crippen LogP contribution < -0.4 is 5.43 Å². The molecule has 0 saturated carbocycles. The van der Waals surface area contributed by atoms with Gasteiger partial charge in [-0.2, -0.15) is 18.3 Å². The molecule has 5 nitrogen and oxygen atoms in total. The maximum Gasteiger partial charge on any atom is 0.416 e. The van der Waals surface area contributed by atoms with Crippen molar-refractivity contribution in [2.24, 2.45) is 5.10 Å². The van der Waals surface area contributed by atoms with Gasteiger partial charge in [0.2, 0.25) is 0 Å². The summed E-state index contributed by atoms with van der Waals surface area (Å²) >= 11 is 3.19. The van der Waals surface area contributed by atoms with E-state index in [9.17, 15) is 23.3 Å². The first kappa shape index (κ1) is 16.9. The Kier molecular flexibility index (Phi) is 4.99. The van der Waals surface area contributed by atoms with Crippen molar-refractivity contribution in [1.82, 2.24) is 0 Å². The lowest BCUT2D eigenvalue weighted by atomic mass is 10.1. The van der Waals surface area contributed by atoms with Crippen molar-refractivity contribution in [3.63, 3.8) is 0 Å². The summed E-state index contributed by atoms with van der Waals surface area (Å²) in [5.41, 5.74) is 1.16. The van der Waals surface area contributed by atoms with Crippen LogP contribution in [0.25, 0.3) is 0 Å². The van der Waals surface area contributed by atoms with E-state index in [0.29, 0.717) is 16.3 Å². The van der Waals surface area contributed by atoms with Gasteiger partial charge in [0.1, 0.15) is 10.3 Å². The van der Waals surface area contributed by atoms with Gasteiger partial charge in [0.25, 0.3) is 5.69 Å². The second-order valence-corrected chi connectivity index (χ2v) is 5.12. The smallest absolute Gasteiger partial charge is 0.271 e. The highest BCUT2D eigenvalue weighted by Gasteiger charge is 2.33. The highest BCUT2D eigenvalue weighted by atomic mass is 79.9. The maximum absolute atomic E-state index is 12.6. The van der Waals surface area contributed by atoms with Gasteiger partial charge in [0.15, 0.2) is 0 Å². The SMILES string of the molecule is O=[N+]([O-])c1cc(C(F)(F)F)ccc1N/N=C(/Br)c1ccccc1. The van der Waals surface area contributed by atoms with E-state index in [0.717, 1.165) is 12.1 Å². The second kappa shape index (κ2) is 6.78. The van der Waals surface area contributed by atoms with E-state index < -0.39 is 22.4 Å². The Bertz CT molecular complexity index is 749. The molecule has 0 amide bonds. The van der Waals surface area contributed by atoms with Gasteiger partial charge in [0.05, 0.1) is 10.5 Å². The fraction of sp³-hybridized carbons (Fsp3) is 0.0714. The zero-order valence-corrected chi connectivity index (χ0v) is 12.9. The van der Waals surface area contributed by atoms with Gasteiger partial charge in [-0.1, -0.05) is 30.3 Å². The molecule has 0 unspecified atom stereocenters. The van der Waals surface area contributed by atoms with Gasteiger partial charge in [-0.15, -0.1) is 0 Å². The van der Waals surface area contributed by atoms with Gasteiger partial charge in [-0.05, 0) is 28.1 Å². The topological polar surface area (TPSA) is 67.5 Å². The molecule has 1 N–H and O–H groups in total. The number of benzene rings is 2. The van der Waals surface area contributed by atoms with E-state index in [1.54, 1.807) is 30.3 Å². The number of nitrogens with one attached hydrogen (secondary N) is 1. The Morgan fingerprint density at radius 3 is 2.39 bits per heavy atom. The summed E-state index contributed by atoms with van der Waals surface area (Å²) in [6.07, 6.45) is -4.66. The predicted octanol–water partition coefficient (Wildman–Crippen LogP) is 4.78. The van der Waals surface area contributed by atoms with Crippen molar-refractivity contribution >= 4 is 31.9 Å². The van der Waals surface area contributed by atoms with Crippen molar-refractivity contribution in [2.45, 2.75) is 6.18 Å². The molecule has 23 heavy (non-hydrogen) atoms. The number of nitro groups is 1. The summed E-state index contributed by atoms with van der Waals surface area (Å²) < 4.78 is 38.2. The van der Waals surface area contributed by atoms with Crippen LogP contribution in [0.1, 0.15) is 11.1 Å². The molecule has 0 radical (unpaired) electrons. The molecule has 9 heteroatoms. The monoisotopic (exact) mass is 387 g/mol. The quantitative estimate of drug-likeness (QED) is 0.466. The number of rotatable bonds is 4. The van der Waals surface area contributed by atoms with Gasteiger partial charge in [-0.3, -0.25) is 15.5 Å². The number of nitro benzene ring substituents is 1. The Labute approximate surface area is 137 Å². The first-order valence-corrected chi connectivity index (χ1v) is 6.98. The highest BCUT2D eigenvalue weighted by Crippen LogP contribution is 2.35. The van der Waals surface area contributed by atoms with Crippen LogP contribution in [0.2, 0.25) is 0 Å². The average Bonchev–Trinajstić information content (AvgIpc) is 2.52. The van der Waals surface area contributed by atoms with E-state index in [4.69, 9.17) is 0 Å². The summed E-state index contributed by atoms with van der Waals surface area (Å²) in [5, 5.41) is 14.9.